The molecule has 2 bridgehead atoms. The van der Waals surface area contributed by atoms with Gasteiger partial charge in [-0.25, -0.2) is 9.18 Å². The molecular weight excluding hydrogens is 399 g/mol. The summed E-state index contributed by atoms with van der Waals surface area (Å²) < 4.78 is 24.5. The fourth-order valence-corrected chi connectivity index (χ4v) is 5.47. The first-order valence-corrected chi connectivity index (χ1v) is 10.6. The summed E-state index contributed by atoms with van der Waals surface area (Å²) in [5.41, 5.74) is -0.197. The third kappa shape index (κ3) is 3.33. The van der Waals surface area contributed by atoms with Crippen LogP contribution in [0, 0.1) is 17.2 Å². The number of rotatable bonds is 7. The zero-order valence-corrected chi connectivity index (χ0v) is 16.8. The summed E-state index contributed by atoms with van der Waals surface area (Å²) in [5, 5.41) is 3.05. The number of carbonyl (C=O) groups excluding carboxylic acids is 2. The molecule has 0 spiro atoms. The Labute approximate surface area is 173 Å². The molecule has 8 heteroatoms. The Morgan fingerprint density at radius 1 is 1.34 bits per heavy atom. The fourth-order valence-electron chi connectivity index (χ4n) is 5.35. The second-order valence-corrected chi connectivity index (χ2v) is 9.57. The van der Waals surface area contributed by atoms with Crippen molar-refractivity contribution in [3.63, 3.8) is 0 Å². The van der Waals surface area contributed by atoms with Crippen LogP contribution in [0.4, 0.5) is 9.18 Å². The van der Waals surface area contributed by atoms with E-state index in [1.807, 2.05) is 4.90 Å². The van der Waals surface area contributed by atoms with E-state index >= 15 is 0 Å². The predicted molar refractivity (Wildman–Crippen MR) is 103 cm³/mol. The van der Waals surface area contributed by atoms with Crippen molar-refractivity contribution in [3.8, 4) is 5.75 Å². The highest BCUT2D eigenvalue weighted by Crippen LogP contribution is 2.69. The van der Waals surface area contributed by atoms with Gasteiger partial charge in [-0.2, -0.15) is 0 Å². The molecule has 6 nitrogen and oxygen atoms in total. The summed E-state index contributed by atoms with van der Waals surface area (Å²) in [6.07, 6.45) is 5.91. The van der Waals surface area contributed by atoms with Crippen LogP contribution in [0.3, 0.4) is 0 Å². The van der Waals surface area contributed by atoms with Gasteiger partial charge in [0.05, 0.1) is 11.6 Å². The van der Waals surface area contributed by atoms with Crippen molar-refractivity contribution in [2.45, 2.75) is 50.2 Å². The normalized spacial score (nSPS) is 32.7. The van der Waals surface area contributed by atoms with Crippen LogP contribution in [0.1, 0.15) is 38.5 Å². The SMILES string of the molecule is O=C(COc1ccc(Cl)c(F)c1)NC12CC(C3CN(CC4CCC4)C(=O)O3)(C1)C2. The number of nitrogens with one attached hydrogen (secondary N) is 1. The van der Waals surface area contributed by atoms with E-state index in [1.54, 1.807) is 0 Å². The monoisotopic (exact) mass is 422 g/mol. The Morgan fingerprint density at radius 3 is 2.76 bits per heavy atom. The van der Waals surface area contributed by atoms with Crippen LogP contribution in [0.5, 0.6) is 5.75 Å². The third-order valence-electron chi connectivity index (χ3n) is 7.01. The number of carbonyl (C=O) groups is 2. The lowest BCUT2D eigenvalue weighted by molar-refractivity contribution is -0.206. The molecule has 6 rings (SSSR count). The molecule has 0 radical (unpaired) electrons. The number of nitrogens with zero attached hydrogens (tertiary/aromatic N) is 1. The van der Waals surface area contributed by atoms with Crippen molar-refractivity contribution in [1.82, 2.24) is 10.2 Å². The molecule has 1 aromatic carbocycles. The average molecular weight is 423 g/mol. The van der Waals surface area contributed by atoms with Crippen LogP contribution < -0.4 is 10.1 Å². The number of ether oxygens (including phenoxy) is 2. The van der Waals surface area contributed by atoms with E-state index in [0.29, 0.717) is 12.5 Å². The zero-order valence-electron chi connectivity index (χ0n) is 16.1. The fraction of sp³-hybridized carbons (Fsp3) is 0.619. The molecule has 1 aromatic rings. The van der Waals surface area contributed by atoms with Gasteiger partial charge in [0.1, 0.15) is 17.7 Å². The number of halogens is 2. The number of benzene rings is 1. The van der Waals surface area contributed by atoms with Crippen molar-refractivity contribution in [2.75, 3.05) is 19.7 Å². The quantitative estimate of drug-likeness (QED) is 0.730. The molecule has 1 N–H and O–H groups in total. The second-order valence-electron chi connectivity index (χ2n) is 9.16. The molecule has 1 aliphatic heterocycles. The van der Waals surface area contributed by atoms with Gasteiger partial charge in [0.15, 0.2) is 6.61 Å². The highest BCUT2D eigenvalue weighted by molar-refractivity contribution is 6.30. The lowest BCUT2D eigenvalue weighted by atomic mass is 9.37. The lowest BCUT2D eigenvalue weighted by Crippen LogP contribution is -2.78. The van der Waals surface area contributed by atoms with Crippen molar-refractivity contribution in [2.24, 2.45) is 11.3 Å². The van der Waals surface area contributed by atoms with Crippen LogP contribution in [0.25, 0.3) is 0 Å². The van der Waals surface area contributed by atoms with Gasteiger partial charge >= 0.3 is 6.09 Å². The topological polar surface area (TPSA) is 67.9 Å². The van der Waals surface area contributed by atoms with Gasteiger partial charge in [-0.05, 0) is 50.2 Å². The van der Waals surface area contributed by atoms with Gasteiger partial charge in [0.25, 0.3) is 5.91 Å². The third-order valence-corrected chi connectivity index (χ3v) is 7.32. The van der Waals surface area contributed by atoms with Crippen molar-refractivity contribution in [1.29, 1.82) is 0 Å². The molecule has 1 unspecified atom stereocenters. The van der Waals surface area contributed by atoms with Crippen LogP contribution in [-0.2, 0) is 9.53 Å². The summed E-state index contributed by atoms with van der Waals surface area (Å²) in [6, 6.07) is 4.08. The first-order valence-electron chi connectivity index (χ1n) is 10.2. The minimum absolute atomic E-state index is 0.0114. The second kappa shape index (κ2) is 6.76. The molecule has 156 valence electrons. The van der Waals surface area contributed by atoms with Gasteiger partial charge in [0.2, 0.25) is 0 Å². The van der Waals surface area contributed by atoms with Crippen molar-refractivity contribution in [3.05, 3.63) is 29.0 Å². The standard InChI is InChI=1S/C21H24ClFN2O4/c22-15-5-4-14(6-16(15)23)28-9-18(26)24-21-10-20(11-21,12-21)17-8-25(19(27)29-17)7-13-2-1-3-13/h4-6,13,17H,1-3,7-12H2,(H,24,26). The Kier molecular flexibility index (Phi) is 4.42. The Bertz CT molecular complexity index is 839. The Morgan fingerprint density at radius 2 is 2.10 bits per heavy atom. The van der Waals surface area contributed by atoms with Crippen molar-refractivity contribution >= 4 is 23.6 Å². The summed E-state index contributed by atoms with van der Waals surface area (Å²) >= 11 is 5.64. The van der Waals surface area contributed by atoms with Gasteiger partial charge in [-0.3, -0.25) is 4.79 Å². The molecule has 5 aliphatic rings. The van der Waals surface area contributed by atoms with E-state index < -0.39 is 5.82 Å². The molecule has 2 amide bonds. The first kappa shape index (κ1) is 19.0. The van der Waals surface area contributed by atoms with Crippen LogP contribution in [0.15, 0.2) is 18.2 Å². The van der Waals surface area contributed by atoms with Crippen LogP contribution >= 0.6 is 11.6 Å². The van der Waals surface area contributed by atoms with Gasteiger partial charge < -0.3 is 19.7 Å². The van der Waals surface area contributed by atoms with Crippen LogP contribution in [-0.4, -0.2) is 48.2 Å². The largest absolute Gasteiger partial charge is 0.484 e. The highest BCUT2D eigenvalue weighted by atomic mass is 35.5. The first-order chi connectivity index (χ1) is 13.9. The van der Waals surface area contributed by atoms with Gasteiger partial charge in [-0.15, -0.1) is 0 Å². The molecule has 1 atom stereocenters. The van der Waals surface area contributed by atoms with Gasteiger partial charge in [0, 0.05) is 23.6 Å². The number of amides is 2. The number of cyclic esters (lactones) is 1. The summed E-state index contributed by atoms with van der Waals surface area (Å²) in [5.74, 6) is 0.0849. The summed E-state index contributed by atoms with van der Waals surface area (Å²) in [7, 11) is 0. The van der Waals surface area contributed by atoms with Gasteiger partial charge in [-0.1, -0.05) is 18.0 Å². The average Bonchev–Trinajstić information content (AvgIpc) is 2.94. The summed E-state index contributed by atoms with van der Waals surface area (Å²) in [6.45, 7) is 1.31. The molecular formula is C21H24ClFN2O4. The van der Waals surface area contributed by atoms with E-state index in [4.69, 9.17) is 21.1 Å². The van der Waals surface area contributed by atoms with Crippen molar-refractivity contribution < 1.29 is 23.5 Å². The molecule has 29 heavy (non-hydrogen) atoms. The van der Waals surface area contributed by atoms with E-state index in [9.17, 15) is 14.0 Å². The predicted octanol–water partition coefficient (Wildman–Crippen LogP) is 3.52. The maximum atomic E-state index is 13.4. The van der Waals surface area contributed by atoms with E-state index in [0.717, 1.165) is 31.9 Å². The Hall–Kier alpha value is -2.02. The highest BCUT2D eigenvalue weighted by Gasteiger charge is 2.73. The molecule has 4 saturated carbocycles. The maximum absolute atomic E-state index is 13.4. The molecule has 4 aliphatic carbocycles. The minimum Gasteiger partial charge on any atom is -0.484 e. The minimum atomic E-state index is -0.580. The van der Waals surface area contributed by atoms with E-state index in [1.165, 1.54) is 31.4 Å². The molecule has 1 heterocycles. The molecule has 5 fully saturated rings. The van der Waals surface area contributed by atoms with E-state index in [-0.39, 0.29) is 46.4 Å². The summed E-state index contributed by atoms with van der Waals surface area (Å²) in [4.78, 5) is 26.3. The lowest BCUT2D eigenvalue weighted by Gasteiger charge is -2.71. The Balaban J connectivity index is 1.08. The van der Waals surface area contributed by atoms with Crippen LogP contribution in [0.2, 0.25) is 5.02 Å². The maximum Gasteiger partial charge on any atom is 0.410 e. The molecule has 1 saturated heterocycles. The smallest absolute Gasteiger partial charge is 0.410 e. The molecule has 0 aromatic heterocycles. The van der Waals surface area contributed by atoms with E-state index in [2.05, 4.69) is 5.32 Å². The number of hydrogen-bond donors (Lipinski definition) is 1. The zero-order chi connectivity index (χ0) is 20.2. The number of hydrogen-bond acceptors (Lipinski definition) is 4.